The first-order chi connectivity index (χ1) is 10.6. The number of carboxylic acids is 1. The van der Waals surface area contributed by atoms with Crippen molar-refractivity contribution in [3.63, 3.8) is 0 Å². The smallest absolute Gasteiger partial charge is 0.337 e. The summed E-state index contributed by atoms with van der Waals surface area (Å²) in [6.45, 7) is 1.65. The van der Waals surface area contributed by atoms with Gasteiger partial charge in [-0.05, 0) is 31.5 Å². The van der Waals surface area contributed by atoms with E-state index in [9.17, 15) is 14.3 Å². The number of carboxylic acid groups (broad SMARTS) is 1. The molecule has 1 aromatic heterocycles. The molecule has 0 bridgehead atoms. The maximum Gasteiger partial charge on any atom is 0.337 e. The van der Waals surface area contributed by atoms with Crippen LogP contribution < -0.4 is 0 Å². The molecule has 0 radical (unpaired) electrons. The van der Waals surface area contributed by atoms with Crippen LogP contribution in [0.1, 0.15) is 23.2 Å². The van der Waals surface area contributed by atoms with Gasteiger partial charge in [0.05, 0.1) is 16.1 Å². The zero-order valence-electron chi connectivity index (χ0n) is 12.1. The topological polar surface area (TPSA) is 45.5 Å². The van der Waals surface area contributed by atoms with Crippen LogP contribution in [0.2, 0.25) is 5.02 Å². The molecule has 1 aromatic carbocycles. The Hall–Kier alpha value is -1.59. The number of hydrogen-bond acceptors (Lipinski definition) is 2. The first kappa shape index (κ1) is 15.3. The molecule has 4 nitrogen and oxygen atoms in total. The van der Waals surface area contributed by atoms with Crippen LogP contribution in [0.25, 0.3) is 10.9 Å². The number of hydrogen-bond donors (Lipinski definition) is 1. The molecule has 2 aromatic rings. The standard InChI is InChI=1S/C16H18ClFN2O2/c17-13-4-1-5-14-15(13)12(16(21)22)10-20(14)9-11-3-2-7-19(11)8-6-18/h1,4-5,10-11H,2-3,6-9H2,(H,21,22). The summed E-state index contributed by atoms with van der Waals surface area (Å²) in [5, 5.41) is 10.4. The molecule has 118 valence electrons. The van der Waals surface area contributed by atoms with E-state index in [-0.39, 0.29) is 18.3 Å². The fourth-order valence-corrected chi connectivity index (χ4v) is 3.63. The molecule has 1 unspecified atom stereocenters. The number of rotatable bonds is 5. The molecule has 22 heavy (non-hydrogen) atoms. The van der Waals surface area contributed by atoms with Gasteiger partial charge in [-0.2, -0.15) is 0 Å². The fraction of sp³-hybridized carbons (Fsp3) is 0.438. The van der Waals surface area contributed by atoms with E-state index in [0.717, 1.165) is 24.9 Å². The summed E-state index contributed by atoms with van der Waals surface area (Å²) < 4.78 is 14.6. The van der Waals surface area contributed by atoms with Crippen molar-refractivity contribution in [3.05, 3.63) is 35.0 Å². The zero-order chi connectivity index (χ0) is 15.7. The monoisotopic (exact) mass is 324 g/mol. The molecule has 1 aliphatic heterocycles. The third kappa shape index (κ3) is 2.71. The third-order valence-corrected chi connectivity index (χ3v) is 4.68. The normalized spacial score (nSPS) is 19.1. The van der Waals surface area contributed by atoms with Crippen molar-refractivity contribution < 1.29 is 14.3 Å². The highest BCUT2D eigenvalue weighted by molar-refractivity contribution is 6.36. The summed E-state index contributed by atoms with van der Waals surface area (Å²) in [6.07, 6.45) is 3.70. The van der Waals surface area contributed by atoms with Gasteiger partial charge in [0, 0.05) is 30.7 Å². The Balaban J connectivity index is 1.97. The van der Waals surface area contributed by atoms with Gasteiger partial charge >= 0.3 is 5.97 Å². The average molecular weight is 325 g/mol. The van der Waals surface area contributed by atoms with E-state index >= 15 is 0 Å². The van der Waals surface area contributed by atoms with E-state index in [0.29, 0.717) is 23.5 Å². The predicted octanol–water partition coefficient (Wildman–Crippen LogP) is 3.43. The van der Waals surface area contributed by atoms with Gasteiger partial charge in [-0.3, -0.25) is 4.90 Å². The second-order valence-corrected chi connectivity index (χ2v) is 6.06. The number of nitrogens with zero attached hydrogens (tertiary/aromatic N) is 2. The number of halogens is 2. The molecule has 6 heteroatoms. The van der Waals surface area contributed by atoms with Gasteiger partial charge in [-0.1, -0.05) is 17.7 Å². The summed E-state index contributed by atoms with van der Waals surface area (Å²) >= 11 is 6.18. The summed E-state index contributed by atoms with van der Waals surface area (Å²) in [5.74, 6) is -0.983. The van der Waals surface area contributed by atoms with Crippen molar-refractivity contribution in [2.24, 2.45) is 0 Å². The minimum Gasteiger partial charge on any atom is -0.478 e. The van der Waals surface area contributed by atoms with Crippen LogP contribution in [0.15, 0.2) is 24.4 Å². The second-order valence-electron chi connectivity index (χ2n) is 5.66. The van der Waals surface area contributed by atoms with Crippen LogP contribution in [0, 0.1) is 0 Å². The van der Waals surface area contributed by atoms with Crippen LogP contribution in [0.5, 0.6) is 0 Å². The van der Waals surface area contributed by atoms with E-state index in [4.69, 9.17) is 11.6 Å². The van der Waals surface area contributed by atoms with Gasteiger partial charge in [-0.15, -0.1) is 0 Å². The van der Waals surface area contributed by atoms with Crippen molar-refractivity contribution in [2.75, 3.05) is 19.8 Å². The van der Waals surface area contributed by atoms with E-state index in [2.05, 4.69) is 4.90 Å². The Bertz CT molecular complexity index is 701. The summed E-state index contributed by atoms with van der Waals surface area (Å²) in [4.78, 5) is 13.6. The Morgan fingerprint density at radius 2 is 2.27 bits per heavy atom. The number of alkyl halides is 1. The minimum absolute atomic E-state index is 0.218. The molecule has 1 atom stereocenters. The number of fused-ring (bicyclic) bond motifs is 1. The largest absolute Gasteiger partial charge is 0.478 e. The maximum atomic E-state index is 12.6. The lowest BCUT2D eigenvalue weighted by atomic mass is 10.2. The summed E-state index contributed by atoms with van der Waals surface area (Å²) in [7, 11) is 0. The maximum absolute atomic E-state index is 12.6. The first-order valence-corrected chi connectivity index (χ1v) is 7.80. The summed E-state index contributed by atoms with van der Waals surface area (Å²) in [5.41, 5.74) is 1.03. The Morgan fingerprint density at radius 3 is 3.00 bits per heavy atom. The summed E-state index contributed by atoms with van der Waals surface area (Å²) in [6, 6.07) is 5.64. The number of aromatic carboxylic acids is 1. The van der Waals surface area contributed by atoms with E-state index in [1.165, 1.54) is 0 Å². The van der Waals surface area contributed by atoms with Gasteiger partial charge in [0.25, 0.3) is 0 Å². The van der Waals surface area contributed by atoms with Gasteiger partial charge in [0.15, 0.2) is 0 Å². The van der Waals surface area contributed by atoms with Gasteiger partial charge in [0.1, 0.15) is 6.67 Å². The molecule has 3 rings (SSSR count). The van der Waals surface area contributed by atoms with Crippen molar-refractivity contribution in [3.8, 4) is 0 Å². The van der Waals surface area contributed by atoms with Crippen LogP contribution in [-0.2, 0) is 6.54 Å². The molecular weight excluding hydrogens is 307 g/mol. The number of aromatic nitrogens is 1. The highest BCUT2D eigenvalue weighted by Crippen LogP contribution is 2.30. The third-order valence-electron chi connectivity index (χ3n) is 4.36. The Morgan fingerprint density at radius 1 is 1.45 bits per heavy atom. The molecule has 1 fully saturated rings. The van der Waals surface area contributed by atoms with Crippen molar-refractivity contribution in [2.45, 2.75) is 25.4 Å². The van der Waals surface area contributed by atoms with E-state index in [1.807, 2.05) is 16.7 Å². The van der Waals surface area contributed by atoms with Crippen LogP contribution >= 0.6 is 11.6 Å². The van der Waals surface area contributed by atoms with Gasteiger partial charge < -0.3 is 9.67 Å². The van der Waals surface area contributed by atoms with E-state index in [1.54, 1.807) is 12.3 Å². The van der Waals surface area contributed by atoms with Crippen LogP contribution in [0.3, 0.4) is 0 Å². The van der Waals surface area contributed by atoms with Crippen molar-refractivity contribution in [1.29, 1.82) is 0 Å². The molecule has 1 N–H and O–H groups in total. The Labute approximate surface area is 133 Å². The lowest BCUT2D eigenvalue weighted by Crippen LogP contribution is -2.34. The molecule has 0 aliphatic carbocycles. The minimum atomic E-state index is -0.983. The molecule has 0 amide bonds. The molecule has 2 heterocycles. The number of benzene rings is 1. The Kier molecular flexibility index (Phi) is 4.36. The first-order valence-electron chi connectivity index (χ1n) is 7.42. The van der Waals surface area contributed by atoms with Crippen molar-refractivity contribution >= 4 is 28.5 Å². The number of carbonyl (C=O) groups is 1. The molecule has 1 aliphatic rings. The predicted molar refractivity (Wildman–Crippen MR) is 84.5 cm³/mol. The molecule has 0 spiro atoms. The lowest BCUT2D eigenvalue weighted by molar-refractivity contribution is 0.0698. The number of likely N-dealkylation sites (tertiary alicyclic amines) is 1. The lowest BCUT2D eigenvalue weighted by Gasteiger charge is -2.24. The van der Waals surface area contributed by atoms with Gasteiger partial charge in [-0.25, -0.2) is 9.18 Å². The highest BCUT2D eigenvalue weighted by atomic mass is 35.5. The quantitative estimate of drug-likeness (QED) is 0.916. The second kappa shape index (κ2) is 6.26. The van der Waals surface area contributed by atoms with Gasteiger partial charge in [0.2, 0.25) is 0 Å². The SMILES string of the molecule is O=C(O)c1cn(CC2CCCN2CCF)c2cccc(Cl)c12. The van der Waals surface area contributed by atoms with Crippen molar-refractivity contribution in [1.82, 2.24) is 9.47 Å². The fourth-order valence-electron chi connectivity index (χ4n) is 3.35. The highest BCUT2D eigenvalue weighted by Gasteiger charge is 2.26. The molecule has 0 saturated carbocycles. The molecule has 1 saturated heterocycles. The van der Waals surface area contributed by atoms with Crippen LogP contribution in [0.4, 0.5) is 4.39 Å². The zero-order valence-corrected chi connectivity index (χ0v) is 12.9. The van der Waals surface area contributed by atoms with Crippen LogP contribution in [-0.4, -0.2) is 46.3 Å². The van der Waals surface area contributed by atoms with E-state index < -0.39 is 5.97 Å². The molecular formula is C16H18ClFN2O2. The average Bonchev–Trinajstić information content (AvgIpc) is 3.06.